The molecule has 0 radical (unpaired) electrons. The maximum atomic E-state index is 11.7. The van der Waals surface area contributed by atoms with Crippen LogP contribution in [0.2, 0.25) is 0 Å². The van der Waals surface area contributed by atoms with E-state index in [-0.39, 0.29) is 31.7 Å². The van der Waals surface area contributed by atoms with Crippen LogP contribution in [-0.4, -0.2) is 34.2 Å². The number of amides is 1. The monoisotopic (exact) mass is 223 g/mol. The Kier molecular flexibility index (Phi) is 4.00. The molecule has 1 atom stereocenters. The lowest BCUT2D eigenvalue weighted by Crippen LogP contribution is -2.28. The third-order valence-electron chi connectivity index (χ3n) is 2.42. The highest BCUT2D eigenvalue weighted by molar-refractivity contribution is 6.07. The van der Waals surface area contributed by atoms with Crippen LogP contribution in [0, 0.1) is 17.2 Å². The highest BCUT2D eigenvalue weighted by Gasteiger charge is 2.32. The summed E-state index contributed by atoms with van der Waals surface area (Å²) in [5, 5.41) is 22.2. The smallest absolute Gasteiger partial charge is 0.303 e. The first kappa shape index (κ1) is 12.2. The Morgan fingerprint density at radius 3 is 2.94 bits per heavy atom. The first-order chi connectivity index (χ1) is 7.56. The van der Waals surface area contributed by atoms with Crippen LogP contribution in [0.3, 0.4) is 0 Å². The summed E-state index contributed by atoms with van der Waals surface area (Å²) in [5.74, 6) is -1.56. The van der Waals surface area contributed by atoms with Crippen molar-refractivity contribution < 1.29 is 14.7 Å². The molecule has 0 aliphatic carbocycles. The van der Waals surface area contributed by atoms with Crippen molar-refractivity contribution in [2.24, 2.45) is 11.0 Å². The third kappa shape index (κ3) is 2.79. The predicted molar refractivity (Wildman–Crippen MR) is 55.4 cm³/mol. The van der Waals surface area contributed by atoms with Crippen molar-refractivity contribution in [2.75, 3.05) is 6.54 Å². The van der Waals surface area contributed by atoms with E-state index in [2.05, 4.69) is 5.10 Å². The topological polar surface area (TPSA) is 93.8 Å². The van der Waals surface area contributed by atoms with Gasteiger partial charge in [-0.05, 0) is 13.3 Å². The molecule has 1 N–H and O–H groups in total. The lowest BCUT2D eigenvalue weighted by molar-refractivity contribution is -0.137. The number of carbonyl (C=O) groups excluding carboxylic acids is 1. The van der Waals surface area contributed by atoms with Gasteiger partial charge in [0.05, 0.1) is 25.0 Å². The molecule has 0 aromatic heterocycles. The minimum Gasteiger partial charge on any atom is -0.481 e. The number of carboxylic acid groups (broad SMARTS) is 1. The third-order valence-corrected chi connectivity index (χ3v) is 2.42. The van der Waals surface area contributed by atoms with Gasteiger partial charge in [0.1, 0.15) is 0 Å². The molecule has 6 nitrogen and oxygen atoms in total. The van der Waals surface area contributed by atoms with E-state index in [0.29, 0.717) is 5.71 Å². The molecule has 0 bridgehead atoms. The average Bonchev–Trinajstić information content (AvgIpc) is 2.48. The summed E-state index contributed by atoms with van der Waals surface area (Å²) < 4.78 is 0. The Labute approximate surface area is 93.2 Å². The molecule has 1 heterocycles. The van der Waals surface area contributed by atoms with Gasteiger partial charge in [0.15, 0.2) is 0 Å². The summed E-state index contributed by atoms with van der Waals surface area (Å²) in [6, 6.07) is 1.94. The zero-order valence-corrected chi connectivity index (χ0v) is 9.01. The zero-order chi connectivity index (χ0) is 12.1. The van der Waals surface area contributed by atoms with Crippen LogP contribution in [-0.2, 0) is 9.59 Å². The standard InChI is InChI=1S/C10H13N3O3/c1-7-8(3-4-9(14)15)10(16)13(12-7)6-2-5-11/h8H,2-4,6H2,1H3,(H,14,15). The van der Waals surface area contributed by atoms with Crippen molar-refractivity contribution in [1.82, 2.24) is 5.01 Å². The van der Waals surface area contributed by atoms with Gasteiger partial charge in [-0.1, -0.05) is 0 Å². The zero-order valence-electron chi connectivity index (χ0n) is 9.01. The van der Waals surface area contributed by atoms with E-state index in [4.69, 9.17) is 10.4 Å². The minimum atomic E-state index is -0.920. The molecule has 1 rings (SSSR count). The summed E-state index contributed by atoms with van der Waals surface area (Å²) in [7, 11) is 0. The van der Waals surface area contributed by atoms with Crippen LogP contribution in [0.25, 0.3) is 0 Å². The lowest BCUT2D eigenvalue weighted by atomic mass is 9.98. The molecule has 0 aromatic carbocycles. The van der Waals surface area contributed by atoms with Crippen molar-refractivity contribution in [3.05, 3.63) is 0 Å². The molecule has 1 aliphatic rings. The quantitative estimate of drug-likeness (QED) is 0.738. The van der Waals surface area contributed by atoms with E-state index in [1.807, 2.05) is 6.07 Å². The second kappa shape index (κ2) is 5.26. The number of carboxylic acids is 1. The largest absolute Gasteiger partial charge is 0.481 e. The van der Waals surface area contributed by atoms with Crippen LogP contribution in [0.15, 0.2) is 5.10 Å². The highest BCUT2D eigenvalue weighted by atomic mass is 16.4. The Morgan fingerprint density at radius 1 is 1.69 bits per heavy atom. The minimum absolute atomic E-state index is 0.0463. The number of rotatable bonds is 5. The van der Waals surface area contributed by atoms with Gasteiger partial charge in [0.25, 0.3) is 5.91 Å². The van der Waals surface area contributed by atoms with E-state index in [1.54, 1.807) is 6.92 Å². The van der Waals surface area contributed by atoms with Gasteiger partial charge < -0.3 is 5.11 Å². The normalized spacial score (nSPS) is 19.5. The maximum absolute atomic E-state index is 11.7. The fourth-order valence-corrected chi connectivity index (χ4v) is 1.58. The second-order valence-electron chi connectivity index (χ2n) is 3.60. The van der Waals surface area contributed by atoms with Gasteiger partial charge in [0, 0.05) is 12.1 Å². The maximum Gasteiger partial charge on any atom is 0.303 e. The number of hydrogen-bond acceptors (Lipinski definition) is 4. The Bertz CT molecular complexity index is 370. The fourth-order valence-electron chi connectivity index (χ4n) is 1.58. The Hall–Kier alpha value is -1.90. The molecular formula is C10H13N3O3. The van der Waals surface area contributed by atoms with Gasteiger partial charge in [-0.25, -0.2) is 5.01 Å². The van der Waals surface area contributed by atoms with Gasteiger partial charge in [-0.2, -0.15) is 10.4 Å². The molecule has 86 valence electrons. The number of carbonyl (C=O) groups is 2. The van der Waals surface area contributed by atoms with Gasteiger partial charge >= 0.3 is 5.97 Å². The Balaban J connectivity index is 2.56. The molecule has 0 saturated carbocycles. The lowest BCUT2D eigenvalue weighted by Gasteiger charge is -2.11. The SMILES string of the molecule is CC1=NN(CCC#N)C(=O)C1CCC(=O)O. The summed E-state index contributed by atoms with van der Waals surface area (Å²) in [6.07, 6.45) is 0.454. The van der Waals surface area contributed by atoms with E-state index < -0.39 is 11.9 Å². The number of hydrogen-bond donors (Lipinski definition) is 1. The van der Waals surface area contributed by atoms with Crippen molar-refractivity contribution in [3.63, 3.8) is 0 Å². The molecule has 0 spiro atoms. The first-order valence-corrected chi connectivity index (χ1v) is 5.01. The van der Waals surface area contributed by atoms with Crippen LogP contribution in [0.5, 0.6) is 0 Å². The van der Waals surface area contributed by atoms with Crippen LogP contribution in [0.1, 0.15) is 26.2 Å². The molecule has 0 saturated heterocycles. The molecule has 16 heavy (non-hydrogen) atoms. The second-order valence-corrected chi connectivity index (χ2v) is 3.60. The van der Waals surface area contributed by atoms with Crippen molar-refractivity contribution >= 4 is 17.6 Å². The Morgan fingerprint density at radius 2 is 2.38 bits per heavy atom. The predicted octanol–water partition coefficient (Wildman–Crippen LogP) is 0.599. The summed E-state index contributed by atoms with van der Waals surface area (Å²) in [5.41, 5.74) is 0.629. The highest BCUT2D eigenvalue weighted by Crippen LogP contribution is 2.20. The van der Waals surface area contributed by atoms with Gasteiger partial charge in [0.2, 0.25) is 0 Å². The summed E-state index contributed by atoms with van der Waals surface area (Å²) >= 11 is 0. The fraction of sp³-hybridized carbons (Fsp3) is 0.600. The summed E-state index contributed by atoms with van der Waals surface area (Å²) in [4.78, 5) is 22.2. The number of nitrogens with zero attached hydrogens (tertiary/aromatic N) is 3. The van der Waals surface area contributed by atoms with Gasteiger partial charge in [-0.15, -0.1) is 0 Å². The number of nitriles is 1. The molecule has 6 heteroatoms. The summed E-state index contributed by atoms with van der Waals surface area (Å²) in [6.45, 7) is 1.98. The average molecular weight is 223 g/mol. The van der Waals surface area contributed by atoms with E-state index in [0.717, 1.165) is 0 Å². The first-order valence-electron chi connectivity index (χ1n) is 5.01. The van der Waals surface area contributed by atoms with E-state index in [1.165, 1.54) is 5.01 Å². The molecule has 0 fully saturated rings. The van der Waals surface area contributed by atoms with Crippen molar-refractivity contribution in [3.8, 4) is 6.07 Å². The number of aliphatic carboxylic acids is 1. The van der Waals surface area contributed by atoms with Gasteiger partial charge in [-0.3, -0.25) is 9.59 Å². The van der Waals surface area contributed by atoms with Crippen molar-refractivity contribution in [2.45, 2.75) is 26.2 Å². The van der Waals surface area contributed by atoms with Crippen LogP contribution < -0.4 is 0 Å². The van der Waals surface area contributed by atoms with E-state index in [9.17, 15) is 9.59 Å². The molecule has 1 unspecified atom stereocenters. The van der Waals surface area contributed by atoms with Crippen molar-refractivity contribution in [1.29, 1.82) is 5.26 Å². The number of hydrazone groups is 1. The van der Waals surface area contributed by atoms with Crippen LogP contribution in [0.4, 0.5) is 0 Å². The molecule has 0 aromatic rings. The molecule has 1 amide bonds. The molecular weight excluding hydrogens is 210 g/mol. The van der Waals surface area contributed by atoms with E-state index >= 15 is 0 Å². The van der Waals surface area contributed by atoms with Crippen LogP contribution >= 0.6 is 0 Å². The molecule has 1 aliphatic heterocycles.